The molecule has 0 aliphatic heterocycles. The number of amides is 1. The number of carbonyl (C=O) groups is 1. The molecule has 82 valence electrons. The number of nitrogens with one attached hydrogen (secondary N) is 1. The maximum Gasteiger partial charge on any atom is 0.232 e. The largest absolute Gasteiger partial charge is 0.398 e. The molecule has 0 saturated heterocycles. The van der Waals surface area contributed by atoms with E-state index in [1.54, 1.807) is 20.0 Å². The maximum absolute atomic E-state index is 12.7. The molecule has 5 heteroatoms. The molecule has 3 nitrogen and oxygen atoms in total. The highest BCUT2D eigenvalue weighted by molar-refractivity contribution is 8.00. The number of nitrogen functional groups attached to an aromatic ring is 1. The molecule has 0 bridgehead atoms. The molecule has 0 spiro atoms. The molecule has 3 N–H and O–H groups in total. The number of anilines is 1. The highest BCUT2D eigenvalue weighted by Crippen LogP contribution is 2.29. The predicted molar refractivity (Wildman–Crippen MR) is 60.2 cm³/mol. The molecule has 0 saturated carbocycles. The number of thioether (sulfide) groups is 1. The van der Waals surface area contributed by atoms with E-state index in [4.69, 9.17) is 5.73 Å². The van der Waals surface area contributed by atoms with Crippen molar-refractivity contribution in [2.75, 3.05) is 12.8 Å². The van der Waals surface area contributed by atoms with Crippen molar-refractivity contribution in [1.82, 2.24) is 5.32 Å². The fourth-order valence-electron chi connectivity index (χ4n) is 1.07. The molecule has 1 aromatic carbocycles. The number of hydrogen-bond acceptors (Lipinski definition) is 3. The smallest absolute Gasteiger partial charge is 0.232 e. The first kappa shape index (κ1) is 11.8. The van der Waals surface area contributed by atoms with Crippen LogP contribution in [-0.2, 0) is 4.79 Å². The van der Waals surface area contributed by atoms with Crippen molar-refractivity contribution in [1.29, 1.82) is 0 Å². The third kappa shape index (κ3) is 3.13. The quantitative estimate of drug-likeness (QED) is 0.610. The molecular weight excluding hydrogens is 215 g/mol. The molecule has 0 fully saturated rings. The highest BCUT2D eigenvalue weighted by atomic mass is 32.2. The van der Waals surface area contributed by atoms with Crippen molar-refractivity contribution in [3.8, 4) is 0 Å². The average molecular weight is 228 g/mol. The summed E-state index contributed by atoms with van der Waals surface area (Å²) in [7, 11) is 1.58. The summed E-state index contributed by atoms with van der Waals surface area (Å²) in [5.41, 5.74) is 5.98. The fraction of sp³-hybridized carbons (Fsp3) is 0.300. The summed E-state index contributed by atoms with van der Waals surface area (Å²) >= 11 is 1.31. The lowest BCUT2D eigenvalue weighted by Gasteiger charge is -2.11. The van der Waals surface area contributed by atoms with E-state index in [0.717, 1.165) is 0 Å². The van der Waals surface area contributed by atoms with Gasteiger partial charge in [0.2, 0.25) is 5.91 Å². The van der Waals surface area contributed by atoms with Gasteiger partial charge >= 0.3 is 0 Å². The summed E-state index contributed by atoms with van der Waals surface area (Å²) in [5.74, 6) is -0.451. The zero-order chi connectivity index (χ0) is 11.4. The van der Waals surface area contributed by atoms with Crippen LogP contribution in [0.2, 0.25) is 0 Å². The van der Waals surface area contributed by atoms with Gasteiger partial charge in [0.05, 0.1) is 5.25 Å². The Morgan fingerprint density at radius 1 is 1.60 bits per heavy atom. The van der Waals surface area contributed by atoms with E-state index in [-0.39, 0.29) is 17.0 Å². The zero-order valence-corrected chi connectivity index (χ0v) is 9.40. The van der Waals surface area contributed by atoms with Crippen LogP contribution in [0.25, 0.3) is 0 Å². The second-order valence-corrected chi connectivity index (χ2v) is 4.44. The number of nitrogens with two attached hydrogens (primary N) is 1. The second kappa shape index (κ2) is 5.02. The standard InChI is InChI=1S/C10H13FN2OS/c1-6(10(14)13-2)15-9-4-3-7(11)5-8(9)12/h3-6H,12H2,1-2H3,(H,13,14). The van der Waals surface area contributed by atoms with Crippen LogP contribution in [0.1, 0.15) is 6.92 Å². The summed E-state index contributed by atoms with van der Waals surface area (Å²) in [6.07, 6.45) is 0. The van der Waals surface area contributed by atoms with Gasteiger partial charge in [-0.15, -0.1) is 11.8 Å². The molecule has 0 heterocycles. The van der Waals surface area contributed by atoms with Crippen molar-refractivity contribution in [2.24, 2.45) is 0 Å². The topological polar surface area (TPSA) is 55.1 Å². The molecule has 1 aromatic rings. The van der Waals surface area contributed by atoms with Crippen LogP contribution in [0.3, 0.4) is 0 Å². The van der Waals surface area contributed by atoms with Crippen molar-refractivity contribution in [3.05, 3.63) is 24.0 Å². The summed E-state index contributed by atoms with van der Waals surface area (Å²) in [6.45, 7) is 1.77. The Kier molecular flexibility index (Phi) is 3.96. The Labute approximate surface area is 92.2 Å². The summed E-state index contributed by atoms with van der Waals surface area (Å²) in [6, 6.07) is 4.16. The van der Waals surface area contributed by atoms with E-state index in [1.165, 1.54) is 23.9 Å². The van der Waals surface area contributed by atoms with Gasteiger partial charge in [-0.2, -0.15) is 0 Å². The Hall–Kier alpha value is -1.23. The molecule has 1 atom stereocenters. The predicted octanol–water partition coefficient (Wildman–Crippen LogP) is 1.63. The third-order valence-corrected chi connectivity index (χ3v) is 3.08. The van der Waals surface area contributed by atoms with Crippen LogP contribution in [0, 0.1) is 5.82 Å². The molecule has 0 radical (unpaired) electrons. The van der Waals surface area contributed by atoms with Gasteiger partial charge in [0.25, 0.3) is 0 Å². The molecule has 15 heavy (non-hydrogen) atoms. The monoisotopic (exact) mass is 228 g/mol. The van der Waals surface area contributed by atoms with Gasteiger partial charge in [0.15, 0.2) is 0 Å². The van der Waals surface area contributed by atoms with Crippen LogP contribution in [0.5, 0.6) is 0 Å². The minimum Gasteiger partial charge on any atom is -0.398 e. The van der Waals surface area contributed by atoms with E-state index in [0.29, 0.717) is 10.6 Å². The Bertz CT molecular complexity index is 370. The van der Waals surface area contributed by atoms with Gasteiger partial charge in [-0.3, -0.25) is 4.79 Å². The van der Waals surface area contributed by atoms with Gasteiger partial charge < -0.3 is 11.1 Å². The first-order valence-corrected chi connectivity index (χ1v) is 5.36. The Balaban J connectivity index is 2.76. The molecular formula is C10H13FN2OS. The lowest BCUT2D eigenvalue weighted by Crippen LogP contribution is -2.27. The maximum atomic E-state index is 12.7. The summed E-state index contributed by atoms with van der Waals surface area (Å²) in [4.78, 5) is 12.0. The van der Waals surface area contributed by atoms with Crippen LogP contribution < -0.4 is 11.1 Å². The molecule has 0 aliphatic carbocycles. The Morgan fingerprint density at radius 3 is 2.80 bits per heavy atom. The first-order chi connectivity index (χ1) is 7.04. The van der Waals surface area contributed by atoms with Crippen molar-refractivity contribution < 1.29 is 9.18 Å². The van der Waals surface area contributed by atoms with Gasteiger partial charge in [0, 0.05) is 17.6 Å². The lowest BCUT2D eigenvalue weighted by atomic mass is 10.3. The van der Waals surface area contributed by atoms with Gasteiger partial charge in [-0.1, -0.05) is 0 Å². The number of rotatable bonds is 3. The van der Waals surface area contributed by atoms with E-state index < -0.39 is 0 Å². The molecule has 1 amide bonds. The van der Waals surface area contributed by atoms with E-state index in [2.05, 4.69) is 5.32 Å². The van der Waals surface area contributed by atoms with Gasteiger partial charge in [-0.05, 0) is 25.1 Å². The van der Waals surface area contributed by atoms with Crippen LogP contribution in [0.4, 0.5) is 10.1 Å². The van der Waals surface area contributed by atoms with Gasteiger partial charge in [0.1, 0.15) is 5.82 Å². The number of halogens is 1. The zero-order valence-electron chi connectivity index (χ0n) is 8.58. The number of hydrogen-bond donors (Lipinski definition) is 2. The average Bonchev–Trinajstić information content (AvgIpc) is 2.20. The van der Waals surface area contributed by atoms with Gasteiger partial charge in [-0.25, -0.2) is 4.39 Å². The van der Waals surface area contributed by atoms with E-state index in [1.807, 2.05) is 0 Å². The third-order valence-electron chi connectivity index (χ3n) is 1.89. The number of benzene rings is 1. The molecule has 1 rings (SSSR count). The van der Waals surface area contributed by atoms with Crippen molar-refractivity contribution in [2.45, 2.75) is 17.1 Å². The van der Waals surface area contributed by atoms with E-state index in [9.17, 15) is 9.18 Å². The normalized spacial score (nSPS) is 12.2. The summed E-state index contributed by atoms with van der Waals surface area (Å²) in [5, 5.41) is 2.29. The SMILES string of the molecule is CNC(=O)C(C)Sc1ccc(F)cc1N. The summed E-state index contributed by atoms with van der Waals surface area (Å²) < 4.78 is 12.7. The number of carbonyl (C=O) groups excluding carboxylic acids is 1. The van der Waals surface area contributed by atoms with Crippen LogP contribution in [0.15, 0.2) is 23.1 Å². The molecule has 0 aliphatic rings. The minimum atomic E-state index is -0.371. The highest BCUT2D eigenvalue weighted by Gasteiger charge is 2.14. The fourth-order valence-corrected chi connectivity index (χ4v) is 2.02. The Morgan fingerprint density at radius 2 is 2.27 bits per heavy atom. The van der Waals surface area contributed by atoms with Crippen LogP contribution in [-0.4, -0.2) is 18.2 Å². The minimum absolute atomic E-state index is 0.0799. The van der Waals surface area contributed by atoms with E-state index >= 15 is 0 Å². The molecule has 1 unspecified atom stereocenters. The second-order valence-electron chi connectivity index (χ2n) is 3.06. The molecule has 0 aromatic heterocycles. The van der Waals surface area contributed by atoms with Crippen molar-refractivity contribution in [3.63, 3.8) is 0 Å². The van der Waals surface area contributed by atoms with Crippen LogP contribution >= 0.6 is 11.8 Å². The lowest BCUT2D eigenvalue weighted by molar-refractivity contribution is -0.119. The first-order valence-electron chi connectivity index (χ1n) is 4.48. The van der Waals surface area contributed by atoms with Crippen molar-refractivity contribution >= 4 is 23.4 Å².